The first-order valence-electron chi connectivity index (χ1n) is 4.31. The molecule has 1 aliphatic heterocycles. The lowest BCUT2D eigenvalue weighted by atomic mass is 10.0. The summed E-state index contributed by atoms with van der Waals surface area (Å²) in [6.45, 7) is 10.8. The average molecular weight is 154 g/mol. The van der Waals surface area contributed by atoms with Gasteiger partial charge in [0.15, 0.2) is 0 Å². The summed E-state index contributed by atoms with van der Waals surface area (Å²) in [4.78, 5) is 0. The van der Waals surface area contributed by atoms with E-state index in [4.69, 9.17) is 4.74 Å². The maximum atomic E-state index is 5.80. The minimum absolute atomic E-state index is 0.0453. The van der Waals surface area contributed by atoms with Crippen molar-refractivity contribution in [3.63, 3.8) is 0 Å². The van der Waals surface area contributed by atoms with Gasteiger partial charge in [0, 0.05) is 12.3 Å². The second-order valence-corrected chi connectivity index (χ2v) is 4.34. The van der Waals surface area contributed by atoms with Gasteiger partial charge in [-0.25, -0.2) is 0 Å². The first-order valence-corrected chi connectivity index (χ1v) is 4.31. The van der Waals surface area contributed by atoms with Crippen LogP contribution in [0.1, 0.15) is 41.0 Å². The summed E-state index contributed by atoms with van der Waals surface area (Å²) >= 11 is 0. The van der Waals surface area contributed by atoms with E-state index in [1.807, 2.05) is 0 Å². The molecule has 64 valence electrons. The van der Waals surface area contributed by atoms with Crippen LogP contribution >= 0.6 is 0 Å². The molecule has 0 saturated heterocycles. The summed E-state index contributed by atoms with van der Waals surface area (Å²) in [5.74, 6) is 1.74. The zero-order chi connectivity index (χ0) is 8.65. The Labute approximate surface area is 69.4 Å². The molecule has 1 heteroatoms. The van der Waals surface area contributed by atoms with Crippen LogP contribution in [0.4, 0.5) is 0 Å². The van der Waals surface area contributed by atoms with Crippen LogP contribution in [0.3, 0.4) is 0 Å². The summed E-state index contributed by atoms with van der Waals surface area (Å²) in [6, 6.07) is 0. The summed E-state index contributed by atoms with van der Waals surface area (Å²) in [5, 5.41) is 0. The lowest BCUT2D eigenvalue weighted by molar-refractivity contribution is 0.0485. The van der Waals surface area contributed by atoms with Crippen LogP contribution in [0, 0.1) is 5.92 Å². The Kier molecular flexibility index (Phi) is 2.00. The number of hydrogen-bond acceptors (Lipinski definition) is 1. The molecule has 0 saturated carbocycles. The van der Waals surface area contributed by atoms with Crippen molar-refractivity contribution in [3.05, 3.63) is 11.3 Å². The average Bonchev–Trinajstić information content (AvgIpc) is 2.05. The van der Waals surface area contributed by atoms with Gasteiger partial charge in [-0.2, -0.15) is 0 Å². The highest BCUT2D eigenvalue weighted by atomic mass is 16.5. The number of ether oxygens (including phenoxy) is 1. The first-order chi connectivity index (χ1) is 4.92. The maximum absolute atomic E-state index is 5.80. The van der Waals surface area contributed by atoms with Gasteiger partial charge in [-0.15, -0.1) is 0 Å². The van der Waals surface area contributed by atoms with Crippen LogP contribution in [-0.2, 0) is 4.74 Å². The smallest absolute Gasteiger partial charge is 0.107 e. The van der Waals surface area contributed by atoms with E-state index in [1.54, 1.807) is 0 Å². The van der Waals surface area contributed by atoms with Gasteiger partial charge in [-0.05, 0) is 26.3 Å². The predicted molar refractivity (Wildman–Crippen MR) is 47.3 cm³/mol. The highest BCUT2D eigenvalue weighted by Crippen LogP contribution is 2.36. The van der Waals surface area contributed by atoms with Crippen LogP contribution in [-0.4, -0.2) is 5.60 Å². The minimum atomic E-state index is 0.0453. The van der Waals surface area contributed by atoms with Crippen LogP contribution in [0.25, 0.3) is 0 Å². The van der Waals surface area contributed by atoms with E-state index in [2.05, 4.69) is 34.6 Å². The summed E-state index contributed by atoms with van der Waals surface area (Å²) < 4.78 is 5.80. The van der Waals surface area contributed by atoms with Crippen LogP contribution in [0.2, 0.25) is 0 Å². The van der Waals surface area contributed by atoms with Crippen molar-refractivity contribution >= 4 is 0 Å². The number of allylic oxidation sites excluding steroid dienone is 1. The third-order valence-electron chi connectivity index (χ3n) is 2.02. The van der Waals surface area contributed by atoms with Crippen molar-refractivity contribution in [2.24, 2.45) is 5.92 Å². The molecule has 0 radical (unpaired) electrons. The molecule has 0 aromatic rings. The van der Waals surface area contributed by atoms with E-state index in [-0.39, 0.29) is 5.60 Å². The molecule has 1 aliphatic rings. The summed E-state index contributed by atoms with van der Waals surface area (Å²) in [6.07, 6.45) is 1.08. The van der Waals surface area contributed by atoms with Crippen LogP contribution < -0.4 is 0 Å². The van der Waals surface area contributed by atoms with E-state index < -0.39 is 0 Å². The lowest BCUT2D eigenvalue weighted by Gasteiger charge is -2.20. The van der Waals surface area contributed by atoms with Gasteiger partial charge in [0.25, 0.3) is 0 Å². The molecule has 0 unspecified atom stereocenters. The van der Waals surface area contributed by atoms with Crippen molar-refractivity contribution in [1.29, 1.82) is 0 Å². The Morgan fingerprint density at radius 1 is 1.36 bits per heavy atom. The molecule has 0 aliphatic carbocycles. The molecule has 0 aromatic carbocycles. The highest BCUT2D eigenvalue weighted by Gasteiger charge is 2.30. The topological polar surface area (TPSA) is 9.23 Å². The van der Waals surface area contributed by atoms with Crippen LogP contribution in [0.5, 0.6) is 0 Å². The van der Waals surface area contributed by atoms with Crippen LogP contribution in [0.15, 0.2) is 11.3 Å². The lowest BCUT2D eigenvalue weighted by Crippen LogP contribution is -2.18. The predicted octanol–water partition coefficient (Wildman–Crippen LogP) is 3.12. The Bertz CT molecular complexity index is 187. The van der Waals surface area contributed by atoms with Crippen molar-refractivity contribution in [3.8, 4) is 0 Å². The molecule has 0 amide bonds. The van der Waals surface area contributed by atoms with Gasteiger partial charge in [-0.3, -0.25) is 0 Å². The Morgan fingerprint density at radius 2 is 1.91 bits per heavy atom. The molecule has 0 atom stereocenters. The quantitative estimate of drug-likeness (QED) is 0.564. The Balaban J connectivity index is 2.75. The minimum Gasteiger partial charge on any atom is -0.492 e. The molecule has 0 N–H and O–H groups in total. The molecule has 1 rings (SSSR count). The molecule has 11 heavy (non-hydrogen) atoms. The first kappa shape index (κ1) is 8.63. The van der Waals surface area contributed by atoms with E-state index in [0.29, 0.717) is 5.92 Å². The zero-order valence-electron chi connectivity index (χ0n) is 8.19. The van der Waals surface area contributed by atoms with Crippen molar-refractivity contribution < 1.29 is 4.74 Å². The maximum Gasteiger partial charge on any atom is 0.107 e. The molecule has 0 fully saturated rings. The SMILES string of the molecule is CC1=C(C(C)C)OC(C)(C)C1. The molecular weight excluding hydrogens is 136 g/mol. The summed E-state index contributed by atoms with van der Waals surface area (Å²) in [7, 11) is 0. The fourth-order valence-corrected chi connectivity index (χ4v) is 1.76. The van der Waals surface area contributed by atoms with Crippen molar-refractivity contribution in [2.45, 2.75) is 46.6 Å². The Morgan fingerprint density at radius 3 is 2.09 bits per heavy atom. The van der Waals surface area contributed by atoms with Crippen molar-refractivity contribution in [1.82, 2.24) is 0 Å². The standard InChI is InChI=1S/C10H18O/c1-7(2)9-8(3)6-10(4,5)11-9/h7H,6H2,1-5H3. The molecule has 0 bridgehead atoms. The molecule has 0 aromatic heterocycles. The molecule has 1 heterocycles. The third kappa shape index (κ3) is 1.76. The molecule has 0 spiro atoms. The fourth-order valence-electron chi connectivity index (χ4n) is 1.76. The van der Waals surface area contributed by atoms with E-state index >= 15 is 0 Å². The molecule has 1 nitrogen and oxygen atoms in total. The van der Waals surface area contributed by atoms with Gasteiger partial charge in [0.05, 0.1) is 5.76 Å². The van der Waals surface area contributed by atoms with Gasteiger partial charge in [-0.1, -0.05) is 13.8 Å². The third-order valence-corrected chi connectivity index (χ3v) is 2.02. The van der Waals surface area contributed by atoms with E-state index in [1.165, 1.54) is 11.3 Å². The van der Waals surface area contributed by atoms with Gasteiger partial charge < -0.3 is 4.74 Å². The largest absolute Gasteiger partial charge is 0.492 e. The number of hydrogen-bond donors (Lipinski definition) is 0. The van der Waals surface area contributed by atoms with E-state index in [9.17, 15) is 0 Å². The van der Waals surface area contributed by atoms with Gasteiger partial charge in [0.2, 0.25) is 0 Å². The number of rotatable bonds is 1. The normalized spacial score (nSPS) is 22.7. The van der Waals surface area contributed by atoms with E-state index in [0.717, 1.165) is 6.42 Å². The summed E-state index contributed by atoms with van der Waals surface area (Å²) in [5.41, 5.74) is 1.47. The second kappa shape index (κ2) is 2.54. The van der Waals surface area contributed by atoms with Gasteiger partial charge in [0.1, 0.15) is 5.60 Å². The van der Waals surface area contributed by atoms with Gasteiger partial charge >= 0.3 is 0 Å². The molecular formula is C10H18O. The monoisotopic (exact) mass is 154 g/mol. The van der Waals surface area contributed by atoms with Crippen molar-refractivity contribution in [2.75, 3.05) is 0 Å². The fraction of sp³-hybridized carbons (Fsp3) is 0.800. The Hall–Kier alpha value is -0.460. The zero-order valence-corrected chi connectivity index (χ0v) is 8.19. The second-order valence-electron chi connectivity index (χ2n) is 4.34. The highest BCUT2D eigenvalue weighted by molar-refractivity contribution is 5.16.